The van der Waals surface area contributed by atoms with Gasteiger partial charge in [-0.05, 0) is 38.1 Å². The molecular formula is C15H19N5O3S. The van der Waals surface area contributed by atoms with E-state index in [-0.39, 0.29) is 11.8 Å². The van der Waals surface area contributed by atoms with E-state index in [1.54, 1.807) is 7.11 Å². The second kappa shape index (κ2) is 7.82. The molecule has 0 aliphatic rings. The topological polar surface area (TPSA) is 112 Å². The first-order valence-electron chi connectivity index (χ1n) is 7.23. The third kappa shape index (κ3) is 4.25. The van der Waals surface area contributed by atoms with Crippen LogP contribution < -0.4 is 15.8 Å². The standard InChI is InChI=1S/C15H19N5O3S/c1-9(2)20-13(10-4-6-11(23-3)7-5-10)18-19-15(20)24-8-12(21)17-14(16)22/h4-7,9H,8H2,1-3H3,(H3,16,17,21,22). The lowest BCUT2D eigenvalue weighted by atomic mass is 10.2. The summed E-state index contributed by atoms with van der Waals surface area (Å²) in [5, 5.41) is 11.0. The summed E-state index contributed by atoms with van der Waals surface area (Å²) < 4.78 is 7.09. The fraction of sp³-hybridized carbons (Fsp3) is 0.333. The molecule has 2 rings (SSSR count). The van der Waals surface area contributed by atoms with E-state index < -0.39 is 11.9 Å². The van der Waals surface area contributed by atoms with Gasteiger partial charge in [0.15, 0.2) is 11.0 Å². The molecule has 0 saturated heterocycles. The van der Waals surface area contributed by atoms with E-state index in [2.05, 4.69) is 10.2 Å². The summed E-state index contributed by atoms with van der Waals surface area (Å²) in [6.45, 7) is 4.01. The first kappa shape index (κ1) is 17.8. The third-order valence-corrected chi connectivity index (χ3v) is 4.07. The number of nitrogens with one attached hydrogen (secondary N) is 1. The quantitative estimate of drug-likeness (QED) is 0.769. The third-order valence-electron chi connectivity index (χ3n) is 3.12. The molecule has 0 spiro atoms. The molecular weight excluding hydrogens is 330 g/mol. The molecule has 1 heterocycles. The predicted octanol–water partition coefficient (Wildman–Crippen LogP) is 1.82. The number of hydrogen-bond acceptors (Lipinski definition) is 6. The molecule has 3 amide bonds. The summed E-state index contributed by atoms with van der Waals surface area (Å²) in [7, 11) is 1.61. The van der Waals surface area contributed by atoms with Crippen molar-refractivity contribution in [3.8, 4) is 17.1 Å². The lowest BCUT2D eigenvalue weighted by Crippen LogP contribution is -2.36. The van der Waals surface area contributed by atoms with Crippen LogP contribution in [0.25, 0.3) is 11.4 Å². The molecule has 9 heteroatoms. The fourth-order valence-corrected chi connectivity index (χ4v) is 2.95. The maximum Gasteiger partial charge on any atom is 0.318 e. The average molecular weight is 349 g/mol. The zero-order valence-electron chi connectivity index (χ0n) is 13.6. The molecule has 1 aromatic heterocycles. The largest absolute Gasteiger partial charge is 0.497 e. The number of amides is 3. The van der Waals surface area contributed by atoms with Crippen molar-refractivity contribution in [2.45, 2.75) is 25.0 Å². The number of hydrogen-bond donors (Lipinski definition) is 2. The molecule has 1 aromatic carbocycles. The summed E-state index contributed by atoms with van der Waals surface area (Å²) in [5.74, 6) is 1.01. The number of nitrogens with zero attached hydrogens (tertiary/aromatic N) is 3. The first-order valence-corrected chi connectivity index (χ1v) is 8.22. The van der Waals surface area contributed by atoms with Crippen LogP contribution in [0.15, 0.2) is 29.4 Å². The van der Waals surface area contributed by atoms with Crippen molar-refractivity contribution in [3.05, 3.63) is 24.3 Å². The Labute approximate surface area is 143 Å². The van der Waals surface area contributed by atoms with Gasteiger partial charge in [-0.25, -0.2) is 4.79 Å². The van der Waals surface area contributed by atoms with Crippen molar-refractivity contribution in [1.29, 1.82) is 0 Å². The molecule has 8 nitrogen and oxygen atoms in total. The van der Waals surface area contributed by atoms with E-state index in [0.29, 0.717) is 11.0 Å². The number of thioether (sulfide) groups is 1. The lowest BCUT2D eigenvalue weighted by Gasteiger charge is -2.13. The minimum atomic E-state index is -0.871. The van der Waals surface area contributed by atoms with Gasteiger partial charge < -0.3 is 10.5 Å². The Balaban J connectivity index is 2.23. The van der Waals surface area contributed by atoms with E-state index >= 15 is 0 Å². The summed E-state index contributed by atoms with van der Waals surface area (Å²) in [5.41, 5.74) is 5.81. The normalized spacial score (nSPS) is 10.7. The Hall–Kier alpha value is -2.55. The zero-order valence-corrected chi connectivity index (χ0v) is 14.5. The molecule has 0 aliphatic heterocycles. The number of urea groups is 1. The van der Waals surface area contributed by atoms with Crippen molar-refractivity contribution < 1.29 is 14.3 Å². The van der Waals surface area contributed by atoms with Gasteiger partial charge in [-0.3, -0.25) is 14.7 Å². The Morgan fingerprint density at radius 1 is 1.29 bits per heavy atom. The number of primary amides is 1. The lowest BCUT2D eigenvalue weighted by molar-refractivity contribution is -0.117. The van der Waals surface area contributed by atoms with Gasteiger partial charge in [-0.1, -0.05) is 11.8 Å². The minimum absolute atomic E-state index is 0.0242. The number of carbonyl (C=O) groups excluding carboxylic acids is 2. The Kier molecular flexibility index (Phi) is 5.80. The van der Waals surface area contributed by atoms with Gasteiger partial charge in [0.25, 0.3) is 0 Å². The number of rotatable bonds is 6. The van der Waals surface area contributed by atoms with Crippen molar-refractivity contribution in [3.63, 3.8) is 0 Å². The number of nitrogens with two attached hydrogens (primary N) is 1. The molecule has 3 N–H and O–H groups in total. The number of benzene rings is 1. The monoisotopic (exact) mass is 349 g/mol. The summed E-state index contributed by atoms with van der Waals surface area (Å²) in [4.78, 5) is 22.2. The maximum atomic E-state index is 11.6. The molecule has 24 heavy (non-hydrogen) atoms. The van der Waals surface area contributed by atoms with Gasteiger partial charge in [0.2, 0.25) is 5.91 Å². The molecule has 0 fully saturated rings. The highest BCUT2D eigenvalue weighted by atomic mass is 32.2. The van der Waals surface area contributed by atoms with Crippen LogP contribution in [-0.2, 0) is 4.79 Å². The van der Waals surface area contributed by atoms with Gasteiger partial charge in [-0.2, -0.15) is 0 Å². The highest BCUT2D eigenvalue weighted by molar-refractivity contribution is 7.99. The zero-order chi connectivity index (χ0) is 17.7. The molecule has 0 saturated carbocycles. The SMILES string of the molecule is COc1ccc(-c2nnc(SCC(=O)NC(N)=O)n2C(C)C)cc1. The first-order chi connectivity index (χ1) is 11.4. The summed E-state index contributed by atoms with van der Waals surface area (Å²) in [6.07, 6.45) is 0. The van der Waals surface area contributed by atoms with Gasteiger partial charge in [-0.15, -0.1) is 10.2 Å². The number of ether oxygens (including phenoxy) is 1. The van der Waals surface area contributed by atoms with Gasteiger partial charge in [0.05, 0.1) is 12.9 Å². The smallest absolute Gasteiger partial charge is 0.318 e. The minimum Gasteiger partial charge on any atom is -0.497 e. The second-order valence-electron chi connectivity index (χ2n) is 5.20. The van der Waals surface area contributed by atoms with Gasteiger partial charge >= 0.3 is 6.03 Å². The second-order valence-corrected chi connectivity index (χ2v) is 6.14. The maximum absolute atomic E-state index is 11.6. The van der Waals surface area contributed by atoms with E-state index in [1.165, 1.54) is 11.8 Å². The van der Waals surface area contributed by atoms with E-state index in [9.17, 15) is 9.59 Å². The molecule has 0 unspecified atom stereocenters. The van der Waals surface area contributed by atoms with Crippen LogP contribution in [0.1, 0.15) is 19.9 Å². The van der Waals surface area contributed by atoms with Crippen LogP contribution in [0.3, 0.4) is 0 Å². The average Bonchev–Trinajstić information content (AvgIpc) is 2.96. The predicted molar refractivity (Wildman–Crippen MR) is 90.8 cm³/mol. The van der Waals surface area contributed by atoms with E-state index in [4.69, 9.17) is 10.5 Å². The van der Waals surface area contributed by atoms with Crippen LogP contribution in [0.4, 0.5) is 4.79 Å². The van der Waals surface area contributed by atoms with Crippen LogP contribution in [0.2, 0.25) is 0 Å². The Bertz CT molecular complexity index is 727. The number of aromatic nitrogens is 3. The molecule has 0 bridgehead atoms. The summed E-state index contributed by atoms with van der Waals surface area (Å²) >= 11 is 1.19. The van der Waals surface area contributed by atoms with E-state index in [0.717, 1.165) is 11.3 Å². The number of methoxy groups -OCH3 is 1. The van der Waals surface area contributed by atoms with Crippen LogP contribution >= 0.6 is 11.8 Å². The molecule has 128 valence electrons. The summed E-state index contributed by atoms with van der Waals surface area (Å²) in [6, 6.07) is 6.72. The van der Waals surface area contributed by atoms with E-state index in [1.807, 2.05) is 48.0 Å². The molecule has 0 atom stereocenters. The van der Waals surface area contributed by atoms with Crippen LogP contribution in [-0.4, -0.2) is 39.6 Å². The van der Waals surface area contributed by atoms with Gasteiger partial charge in [0, 0.05) is 11.6 Å². The molecule has 2 aromatic rings. The van der Waals surface area contributed by atoms with Crippen molar-refractivity contribution in [2.75, 3.05) is 12.9 Å². The Morgan fingerprint density at radius 2 is 1.96 bits per heavy atom. The van der Waals surface area contributed by atoms with Crippen molar-refractivity contribution >= 4 is 23.7 Å². The fourth-order valence-electron chi connectivity index (χ4n) is 2.08. The van der Waals surface area contributed by atoms with Gasteiger partial charge in [0.1, 0.15) is 5.75 Å². The van der Waals surface area contributed by atoms with Crippen LogP contribution in [0, 0.1) is 0 Å². The Morgan fingerprint density at radius 3 is 2.50 bits per heavy atom. The highest BCUT2D eigenvalue weighted by Crippen LogP contribution is 2.28. The molecule has 0 radical (unpaired) electrons. The number of carbonyl (C=O) groups is 2. The molecule has 0 aliphatic carbocycles. The number of imide groups is 1. The van der Waals surface area contributed by atoms with Crippen molar-refractivity contribution in [1.82, 2.24) is 20.1 Å². The van der Waals surface area contributed by atoms with Crippen molar-refractivity contribution in [2.24, 2.45) is 5.73 Å². The van der Waals surface area contributed by atoms with Crippen LogP contribution in [0.5, 0.6) is 5.75 Å². The highest BCUT2D eigenvalue weighted by Gasteiger charge is 2.18.